The first-order valence-electron chi connectivity index (χ1n) is 7.49. The quantitative estimate of drug-likeness (QED) is 0.944. The minimum Gasteiger partial charge on any atom is -0.338 e. The zero-order valence-electron chi connectivity index (χ0n) is 12.2. The lowest BCUT2D eigenvalue weighted by molar-refractivity contribution is 0.0695. The van der Waals surface area contributed by atoms with Gasteiger partial charge >= 0.3 is 0 Å². The Morgan fingerprint density at radius 3 is 2.90 bits per heavy atom. The maximum Gasteiger partial charge on any atom is 0.263 e. The number of aromatic nitrogens is 3. The normalized spacial score (nSPS) is 16.3. The Kier molecular flexibility index (Phi) is 4.34. The number of hydrogen-bond donors (Lipinski definition) is 1. The molecule has 1 aliphatic rings. The van der Waals surface area contributed by atoms with Crippen molar-refractivity contribution in [3.8, 4) is 0 Å². The molecule has 0 aromatic carbocycles. The number of H-pyrrole nitrogens is 1. The molecule has 0 bridgehead atoms. The summed E-state index contributed by atoms with van der Waals surface area (Å²) in [6.45, 7) is 3.74. The van der Waals surface area contributed by atoms with Crippen molar-refractivity contribution in [2.45, 2.75) is 32.6 Å². The van der Waals surface area contributed by atoms with Gasteiger partial charge in [0, 0.05) is 25.9 Å². The minimum atomic E-state index is 0.177. The van der Waals surface area contributed by atoms with Crippen molar-refractivity contribution in [1.82, 2.24) is 20.1 Å². The average Bonchev–Trinajstić information content (AvgIpc) is 3.19. The van der Waals surface area contributed by atoms with Crippen molar-refractivity contribution < 1.29 is 4.79 Å². The van der Waals surface area contributed by atoms with Crippen LogP contribution in [-0.2, 0) is 12.8 Å². The molecule has 2 aromatic rings. The molecular weight excluding hydrogens is 284 g/mol. The first-order chi connectivity index (χ1) is 10.3. The van der Waals surface area contributed by atoms with Gasteiger partial charge in [0.15, 0.2) is 0 Å². The van der Waals surface area contributed by atoms with Crippen LogP contribution in [-0.4, -0.2) is 39.1 Å². The van der Waals surface area contributed by atoms with Crippen LogP contribution >= 0.6 is 11.3 Å². The summed E-state index contributed by atoms with van der Waals surface area (Å²) in [4.78, 5) is 19.6. The van der Waals surface area contributed by atoms with E-state index in [2.05, 4.69) is 22.1 Å². The van der Waals surface area contributed by atoms with Crippen molar-refractivity contribution in [2.24, 2.45) is 5.92 Å². The van der Waals surface area contributed by atoms with E-state index in [0.717, 1.165) is 55.3 Å². The SMILES string of the molecule is CCc1n[nH]c(CC2CCN(C(=O)c3cccs3)CC2)n1. The van der Waals surface area contributed by atoms with Gasteiger partial charge in [0.25, 0.3) is 5.91 Å². The fourth-order valence-electron chi connectivity index (χ4n) is 2.75. The van der Waals surface area contributed by atoms with Crippen molar-refractivity contribution in [2.75, 3.05) is 13.1 Å². The van der Waals surface area contributed by atoms with Gasteiger partial charge in [0.05, 0.1) is 4.88 Å². The summed E-state index contributed by atoms with van der Waals surface area (Å²) < 4.78 is 0. The number of nitrogens with zero attached hydrogens (tertiary/aromatic N) is 3. The molecule has 1 amide bonds. The molecule has 1 N–H and O–H groups in total. The van der Waals surface area contributed by atoms with Crippen LogP contribution in [0.3, 0.4) is 0 Å². The number of carbonyl (C=O) groups is 1. The Bertz CT molecular complexity index is 585. The van der Waals surface area contributed by atoms with E-state index in [9.17, 15) is 4.79 Å². The van der Waals surface area contributed by atoms with Gasteiger partial charge in [-0.1, -0.05) is 13.0 Å². The van der Waals surface area contributed by atoms with E-state index in [1.807, 2.05) is 22.4 Å². The molecule has 6 heteroatoms. The lowest BCUT2D eigenvalue weighted by atomic mass is 9.93. The third-order valence-electron chi connectivity index (χ3n) is 4.01. The molecule has 0 radical (unpaired) electrons. The summed E-state index contributed by atoms with van der Waals surface area (Å²) in [5, 5.41) is 9.15. The number of piperidine rings is 1. The van der Waals surface area contributed by atoms with E-state index in [4.69, 9.17) is 0 Å². The van der Waals surface area contributed by atoms with Crippen LogP contribution in [0.4, 0.5) is 0 Å². The van der Waals surface area contributed by atoms with Crippen molar-refractivity contribution in [3.63, 3.8) is 0 Å². The number of thiophene rings is 1. The van der Waals surface area contributed by atoms with Crippen LogP contribution in [0.15, 0.2) is 17.5 Å². The van der Waals surface area contributed by atoms with E-state index in [-0.39, 0.29) is 5.91 Å². The molecule has 3 rings (SSSR count). The predicted octanol–water partition coefficient (Wildman–Crippen LogP) is 2.52. The fourth-order valence-corrected chi connectivity index (χ4v) is 3.44. The second kappa shape index (κ2) is 6.39. The number of amides is 1. The van der Waals surface area contributed by atoms with E-state index < -0.39 is 0 Å². The zero-order chi connectivity index (χ0) is 14.7. The highest BCUT2D eigenvalue weighted by molar-refractivity contribution is 7.12. The summed E-state index contributed by atoms with van der Waals surface area (Å²) >= 11 is 1.52. The third-order valence-corrected chi connectivity index (χ3v) is 4.87. The highest BCUT2D eigenvalue weighted by Gasteiger charge is 2.24. The Balaban J connectivity index is 1.52. The smallest absolute Gasteiger partial charge is 0.263 e. The molecule has 21 heavy (non-hydrogen) atoms. The molecule has 1 fully saturated rings. The molecule has 5 nitrogen and oxygen atoms in total. The van der Waals surface area contributed by atoms with E-state index in [1.165, 1.54) is 11.3 Å². The third kappa shape index (κ3) is 3.32. The Morgan fingerprint density at radius 1 is 1.48 bits per heavy atom. The molecule has 0 spiro atoms. The van der Waals surface area contributed by atoms with Crippen LogP contribution < -0.4 is 0 Å². The van der Waals surface area contributed by atoms with E-state index in [0.29, 0.717) is 5.92 Å². The maximum atomic E-state index is 12.3. The van der Waals surface area contributed by atoms with Gasteiger partial charge in [-0.05, 0) is 30.2 Å². The van der Waals surface area contributed by atoms with Crippen molar-refractivity contribution in [1.29, 1.82) is 0 Å². The van der Waals surface area contributed by atoms with E-state index in [1.54, 1.807) is 0 Å². The van der Waals surface area contributed by atoms with Crippen LogP contribution in [0.5, 0.6) is 0 Å². The summed E-state index contributed by atoms with van der Waals surface area (Å²) in [6, 6.07) is 3.83. The van der Waals surface area contributed by atoms with Crippen LogP contribution in [0, 0.1) is 5.92 Å². The monoisotopic (exact) mass is 304 g/mol. The number of aryl methyl sites for hydroxylation is 1. The van der Waals surface area contributed by atoms with Crippen molar-refractivity contribution in [3.05, 3.63) is 34.0 Å². The lowest BCUT2D eigenvalue weighted by Crippen LogP contribution is -2.38. The Morgan fingerprint density at radius 2 is 2.29 bits per heavy atom. The first kappa shape index (κ1) is 14.3. The molecule has 0 aliphatic carbocycles. The molecule has 0 saturated carbocycles. The summed E-state index contributed by atoms with van der Waals surface area (Å²) in [5.74, 6) is 2.64. The number of carbonyl (C=O) groups excluding carboxylic acids is 1. The summed E-state index contributed by atoms with van der Waals surface area (Å²) in [5.41, 5.74) is 0. The fraction of sp³-hybridized carbons (Fsp3) is 0.533. The molecule has 1 aliphatic heterocycles. The number of likely N-dealkylation sites (tertiary alicyclic amines) is 1. The van der Waals surface area contributed by atoms with Gasteiger partial charge in [-0.15, -0.1) is 11.3 Å². The number of aromatic amines is 1. The van der Waals surface area contributed by atoms with Crippen LogP contribution in [0.25, 0.3) is 0 Å². The molecule has 3 heterocycles. The van der Waals surface area contributed by atoms with Gasteiger partial charge in [0.1, 0.15) is 11.6 Å². The molecule has 1 saturated heterocycles. The van der Waals surface area contributed by atoms with Gasteiger partial charge in [-0.3, -0.25) is 9.89 Å². The van der Waals surface area contributed by atoms with Gasteiger partial charge in [-0.25, -0.2) is 4.98 Å². The summed E-state index contributed by atoms with van der Waals surface area (Å²) in [6.07, 6.45) is 3.89. The second-order valence-electron chi connectivity index (χ2n) is 5.47. The molecule has 112 valence electrons. The second-order valence-corrected chi connectivity index (χ2v) is 6.42. The highest BCUT2D eigenvalue weighted by atomic mass is 32.1. The van der Waals surface area contributed by atoms with E-state index >= 15 is 0 Å². The average molecular weight is 304 g/mol. The minimum absolute atomic E-state index is 0.177. The zero-order valence-corrected chi connectivity index (χ0v) is 13.0. The summed E-state index contributed by atoms with van der Waals surface area (Å²) in [7, 11) is 0. The van der Waals surface area contributed by atoms with Crippen LogP contribution in [0.2, 0.25) is 0 Å². The van der Waals surface area contributed by atoms with Crippen molar-refractivity contribution >= 4 is 17.2 Å². The van der Waals surface area contributed by atoms with Gasteiger partial charge in [0.2, 0.25) is 0 Å². The largest absolute Gasteiger partial charge is 0.338 e. The van der Waals surface area contributed by atoms with Gasteiger partial charge < -0.3 is 4.90 Å². The molecule has 0 atom stereocenters. The topological polar surface area (TPSA) is 61.9 Å². The van der Waals surface area contributed by atoms with Gasteiger partial charge in [-0.2, -0.15) is 5.10 Å². The highest BCUT2D eigenvalue weighted by Crippen LogP contribution is 2.22. The lowest BCUT2D eigenvalue weighted by Gasteiger charge is -2.31. The number of nitrogens with one attached hydrogen (secondary N) is 1. The number of hydrogen-bond acceptors (Lipinski definition) is 4. The molecule has 2 aromatic heterocycles. The standard InChI is InChI=1S/C15H20N4OS/c1-2-13-16-14(18-17-13)10-11-5-7-19(8-6-11)15(20)12-4-3-9-21-12/h3-4,9,11H,2,5-8,10H2,1H3,(H,16,17,18). The number of rotatable bonds is 4. The predicted molar refractivity (Wildman–Crippen MR) is 82.4 cm³/mol. The maximum absolute atomic E-state index is 12.3. The Hall–Kier alpha value is -1.69. The van der Waals surface area contributed by atoms with Crippen LogP contribution in [0.1, 0.15) is 41.1 Å². The molecular formula is C15H20N4OS. The Labute approximate surface area is 128 Å². The first-order valence-corrected chi connectivity index (χ1v) is 8.37. The molecule has 0 unspecified atom stereocenters.